The van der Waals surface area contributed by atoms with Crippen molar-refractivity contribution in [2.75, 3.05) is 0 Å². The SMILES string of the molecule is Cc1cn(-c2cccc(C)c2C)c(=S)[nH]1. The van der Waals surface area contributed by atoms with E-state index in [2.05, 4.69) is 37.0 Å². The lowest BCUT2D eigenvalue weighted by Crippen LogP contribution is -1.96. The molecule has 0 bridgehead atoms. The predicted molar refractivity (Wildman–Crippen MR) is 65.2 cm³/mol. The van der Waals surface area contributed by atoms with Gasteiger partial charge in [-0.2, -0.15) is 0 Å². The van der Waals surface area contributed by atoms with Crippen molar-refractivity contribution in [1.82, 2.24) is 9.55 Å². The molecule has 1 aromatic heterocycles. The summed E-state index contributed by atoms with van der Waals surface area (Å²) in [5.74, 6) is 0. The minimum absolute atomic E-state index is 0.751. The van der Waals surface area contributed by atoms with E-state index in [9.17, 15) is 0 Å². The van der Waals surface area contributed by atoms with Crippen LogP contribution < -0.4 is 0 Å². The molecule has 1 heterocycles. The maximum atomic E-state index is 5.27. The zero-order valence-electron chi connectivity index (χ0n) is 9.16. The second kappa shape index (κ2) is 3.66. The summed E-state index contributed by atoms with van der Waals surface area (Å²) in [5, 5.41) is 0. The van der Waals surface area contributed by atoms with Crippen LogP contribution in [0.1, 0.15) is 16.8 Å². The predicted octanol–water partition coefficient (Wildman–Crippen LogP) is 3.46. The lowest BCUT2D eigenvalue weighted by Gasteiger charge is -2.08. The van der Waals surface area contributed by atoms with E-state index in [0.29, 0.717) is 0 Å². The Labute approximate surface area is 94.6 Å². The highest BCUT2D eigenvalue weighted by Crippen LogP contribution is 2.18. The Kier molecular flexibility index (Phi) is 2.49. The monoisotopic (exact) mass is 218 g/mol. The fraction of sp³-hybridized carbons (Fsp3) is 0.250. The second-order valence-corrected chi connectivity index (χ2v) is 4.22. The quantitative estimate of drug-likeness (QED) is 0.727. The Balaban J connectivity index is 2.69. The minimum atomic E-state index is 0.751. The van der Waals surface area contributed by atoms with E-state index in [1.807, 2.05) is 17.7 Å². The molecule has 0 radical (unpaired) electrons. The molecule has 0 amide bonds. The van der Waals surface area contributed by atoms with E-state index in [1.54, 1.807) is 0 Å². The average Bonchev–Trinajstić information content (AvgIpc) is 2.50. The maximum absolute atomic E-state index is 5.27. The van der Waals surface area contributed by atoms with Gasteiger partial charge in [-0.3, -0.25) is 4.57 Å². The summed E-state index contributed by atoms with van der Waals surface area (Å²) in [6.45, 7) is 6.24. The first-order valence-corrected chi connectivity index (χ1v) is 5.35. The molecule has 0 spiro atoms. The van der Waals surface area contributed by atoms with Crippen molar-refractivity contribution in [3.63, 3.8) is 0 Å². The third-order valence-corrected chi connectivity index (χ3v) is 2.98. The number of benzene rings is 1. The molecule has 0 aliphatic heterocycles. The zero-order valence-corrected chi connectivity index (χ0v) is 9.98. The first-order valence-electron chi connectivity index (χ1n) is 4.94. The minimum Gasteiger partial charge on any atom is -0.335 e. The number of rotatable bonds is 1. The molecule has 0 saturated carbocycles. The molecular weight excluding hydrogens is 204 g/mol. The molecule has 0 saturated heterocycles. The number of H-pyrrole nitrogens is 1. The number of aryl methyl sites for hydroxylation is 2. The molecule has 0 unspecified atom stereocenters. The van der Waals surface area contributed by atoms with E-state index < -0.39 is 0 Å². The molecule has 3 heteroatoms. The van der Waals surface area contributed by atoms with Crippen molar-refractivity contribution < 1.29 is 0 Å². The number of nitrogens with zero attached hydrogens (tertiary/aromatic N) is 1. The van der Waals surface area contributed by atoms with Gasteiger partial charge in [-0.05, 0) is 50.2 Å². The molecule has 0 aliphatic carbocycles. The molecular formula is C12H14N2S. The van der Waals surface area contributed by atoms with Crippen molar-refractivity contribution in [1.29, 1.82) is 0 Å². The van der Waals surface area contributed by atoms with E-state index in [-0.39, 0.29) is 0 Å². The normalized spacial score (nSPS) is 10.6. The third kappa shape index (κ3) is 1.75. The molecule has 0 aliphatic rings. The third-order valence-electron chi connectivity index (χ3n) is 2.68. The standard InChI is InChI=1S/C12H14N2S/c1-8-5-4-6-11(10(8)3)14-7-9(2)13-12(14)15/h4-7H,1-3H3,(H,13,15). The Morgan fingerprint density at radius 3 is 2.53 bits per heavy atom. The summed E-state index contributed by atoms with van der Waals surface area (Å²) >= 11 is 5.27. The van der Waals surface area contributed by atoms with Gasteiger partial charge in [0.25, 0.3) is 0 Å². The molecule has 2 nitrogen and oxygen atoms in total. The van der Waals surface area contributed by atoms with Crippen LogP contribution in [-0.4, -0.2) is 9.55 Å². The summed E-state index contributed by atoms with van der Waals surface area (Å²) in [7, 11) is 0. The van der Waals surface area contributed by atoms with Gasteiger partial charge in [0.2, 0.25) is 0 Å². The summed E-state index contributed by atoms with van der Waals surface area (Å²) < 4.78 is 2.77. The van der Waals surface area contributed by atoms with E-state index >= 15 is 0 Å². The van der Waals surface area contributed by atoms with Crippen LogP contribution >= 0.6 is 12.2 Å². The highest BCUT2D eigenvalue weighted by atomic mass is 32.1. The summed E-state index contributed by atoms with van der Waals surface area (Å²) in [5.41, 5.74) is 4.80. The van der Waals surface area contributed by atoms with Gasteiger partial charge >= 0.3 is 0 Å². The van der Waals surface area contributed by atoms with Crippen LogP contribution in [0.25, 0.3) is 5.69 Å². The fourth-order valence-electron chi connectivity index (χ4n) is 1.69. The molecule has 2 aromatic rings. The van der Waals surface area contributed by atoms with Gasteiger partial charge in [0.1, 0.15) is 0 Å². The highest BCUT2D eigenvalue weighted by Gasteiger charge is 2.04. The molecule has 0 atom stereocenters. The molecule has 2 rings (SSSR count). The number of nitrogens with one attached hydrogen (secondary N) is 1. The van der Waals surface area contributed by atoms with Gasteiger partial charge in [-0.1, -0.05) is 12.1 Å². The zero-order chi connectivity index (χ0) is 11.0. The van der Waals surface area contributed by atoms with E-state index in [0.717, 1.165) is 16.2 Å². The maximum Gasteiger partial charge on any atom is 0.181 e. The molecule has 15 heavy (non-hydrogen) atoms. The fourth-order valence-corrected chi connectivity index (χ4v) is 2.00. The average molecular weight is 218 g/mol. The number of imidazole rings is 1. The van der Waals surface area contributed by atoms with Gasteiger partial charge in [-0.15, -0.1) is 0 Å². The van der Waals surface area contributed by atoms with Gasteiger partial charge < -0.3 is 4.98 Å². The highest BCUT2D eigenvalue weighted by molar-refractivity contribution is 7.71. The number of hydrogen-bond donors (Lipinski definition) is 1. The Hall–Kier alpha value is -1.35. The van der Waals surface area contributed by atoms with Gasteiger partial charge in [-0.25, -0.2) is 0 Å². The Morgan fingerprint density at radius 2 is 1.93 bits per heavy atom. The van der Waals surface area contributed by atoms with Crippen LogP contribution in [0, 0.1) is 25.5 Å². The van der Waals surface area contributed by atoms with Crippen LogP contribution in [-0.2, 0) is 0 Å². The molecule has 1 N–H and O–H groups in total. The van der Waals surface area contributed by atoms with Gasteiger partial charge in [0, 0.05) is 11.9 Å². The molecule has 1 aromatic carbocycles. The van der Waals surface area contributed by atoms with Crippen LogP contribution in [0.5, 0.6) is 0 Å². The first-order chi connectivity index (χ1) is 7.09. The number of aromatic amines is 1. The Bertz CT molecular complexity index is 549. The van der Waals surface area contributed by atoms with Crippen LogP contribution in [0.2, 0.25) is 0 Å². The van der Waals surface area contributed by atoms with Crippen LogP contribution in [0.15, 0.2) is 24.4 Å². The summed E-state index contributed by atoms with van der Waals surface area (Å²) in [6.07, 6.45) is 2.03. The second-order valence-electron chi connectivity index (χ2n) is 3.83. The summed E-state index contributed by atoms with van der Waals surface area (Å²) in [6, 6.07) is 6.26. The smallest absolute Gasteiger partial charge is 0.181 e. The lowest BCUT2D eigenvalue weighted by molar-refractivity contribution is 1.01. The van der Waals surface area contributed by atoms with E-state index in [1.165, 1.54) is 11.1 Å². The van der Waals surface area contributed by atoms with Crippen molar-refractivity contribution >= 4 is 12.2 Å². The first kappa shape index (κ1) is 10.2. The van der Waals surface area contributed by atoms with Crippen LogP contribution in [0.3, 0.4) is 0 Å². The Morgan fingerprint density at radius 1 is 1.20 bits per heavy atom. The van der Waals surface area contributed by atoms with Crippen LogP contribution in [0.4, 0.5) is 0 Å². The van der Waals surface area contributed by atoms with Crippen molar-refractivity contribution in [3.8, 4) is 5.69 Å². The van der Waals surface area contributed by atoms with Gasteiger partial charge in [0.15, 0.2) is 4.77 Å². The van der Waals surface area contributed by atoms with Crippen molar-refractivity contribution in [3.05, 3.63) is 46.0 Å². The number of aromatic nitrogens is 2. The van der Waals surface area contributed by atoms with Crippen molar-refractivity contribution in [2.24, 2.45) is 0 Å². The number of hydrogen-bond acceptors (Lipinski definition) is 1. The topological polar surface area (TPSA) is 20.7 Å². The molecule has 0 fully saturated rings. The summed E-state index contributed by atoms with van der Waals surface area (Å²) in [4.78, 5) is 3.13. The van der Waals surface area contributed by atoms with Gasteiger partial charge in [0.05, 0.1) is 5.69 Å². The largest absolute Gasteiger partial charge is 0.335 e. The van der Waals surface area contributed by atoms with Crippen molar-refractivity contribution in [2.45, 2.75) is 20.8 Å². The van der Waals surface area contributed by atoms with E-state index in [4.69, 9.17) is 12.2 Å². The molecule has 78 valence electrons. The lowest BCUT2D eigenvalue weighted by atomic mass is 10.1.